The number of nitrogens with zero attached hydrogens (tertiary/aromatic N) is 1. The average Bonchev–Trinajstić information content (AvgIpc) is 3.70. The highest BCUT2D eigenvalue weighted by Gasteiger charge is 2.67. The van der Waals surface area contributed by atoms with Gasteiger partial charge in [-0.2, -0.15) is 0 Å². The minimum Gasteiger partial charge on any atom is -0.478 e. The summed E-state index contributed by atoms with van der Waals surface area (Å²) in [7, 11) is 0. The van der Waals surface area contributed by atoms with Crippen LogP contribution in [0.5, 0.6) is 0 Å². The van der Waals surface area contributed by atoms with E-state index < -0.39 is 34.8 Å². The van der Waals surface area contributed by atoms with Crippen molar-refractivity contribution in [3.63, 3.8) is 0 Å². The standard InChI is InChI=1S/C43H55NO5/c1-22(2)30-20-28-33-25(29-21-39(4,5)49-40(6,7)34(29)36(33)46)19-26-27-18-24-13-14-31-41(8,16-11-12-23(3)38(47)48)32(45)15-17-42(31,9)43(24,10)37(27)44(30)35(26)28/h11-12,16,19,21,24,30-32,34,36,45-46H,1,13-15,17-18,20H2,2-10H3,(H,47,48)/b16-11+,23-12+/t24?,30-,31+,32+,34?,36?,41+,42+,43-/m1/s1. The van der Waals surface area contributed by atoms with Gasteiger partial charge in [-0.1, -0.05) is 51.2 Å². The summed E-state index contributed by atoms with van der Waals surface area (Å²) < 4.78 is 9.25. The normalized spacial score (nSPS) is 39.7. The molecule has 6 aliphatic rings. The fraction of sp³-hybridized carbons (Fsp3) is 0.605. The van der Waals surface area contributed by atoms with Gasteiger partial charge >= 0.3 is 5.97 Å². The zero-order valence-electron chi connectivity index (χ0n) is 30.9. The van der Waals surface area contributed by atoms with Gasteiger partial charge in [0.25, 0.3) is 0 Å². The van der Waals surface area contributed by atoms with Crippen molar-refractivity contribution in [1.29, 1.82) is 0 Å². The van der Waals surface area contributed by atoms with Gasteiger partial charge in [0.05, 0.1) is 35.0 Å². The number of fused-ring (bicyclic) bond motifs is 11. The lowest BCUT2D eigenvalue weighted by Gasteiger charge is -2.64. The molecule has 1 aromatic carbocycles. The van der Waals surface area contributed by atoms with E-state index in [1.807, 2.05) is 6.08 Å². The Hall–Kier alpha value is -2.93. The number of carboxylic acids is 1. The largest absolute Gasteiger partial charge is 0.478 e. The maximum atomic E-state index is 12.2. The Labute approximate surface area is 291 Å². The number of hydrogen-bond acceptors (Lipinski definition) is 4. The summed E-state index contributed by atoms with van der Waals surface area (Å²) in [4.78, 5) is 11.5. The number of aliphatic hydroxyl groups excluding tert-OH is 2. The van der Waals surface area contributed by atoms with Crippen LogP contribution in [0.4, 0.5) is 0 Å². The monoisotopic (exact) mass is 665 g/mol. The summed E-state index contributed by atoms with van der Waals surface area (Å²) in [5, 5.41) is 34.6. The molecule has 6 heteroatoms. The van der Waals surface area contributed by atoms with E-state index in [2.05, 4.69) is 84.8 Å². The highest BCUT2D eigenvalue weighted by molar-refractivity contribution is 5.97. The SMILES string of the molecule is C=C(C)[C@H]1Cc2c3c(cc4c5c(n1c24)[C@@]1(C)C(CC[C@H]2[C@](C)(/C=C/C=C(\C)C(=O)O)[C@@H](O)CC[C@@]21C)C5)C1=CC(C)(C)OC(C)(C)C1C3O. The number of aromatic nitrogens is 1. The summed E-state index contributed by atoms with van der Waals surface area (Å²) in [6, 6.07) is 2.56. The van der Waals surface area contributed by atoms with Crippen LogP contribution in [0.3, 0.4) is 0 Å². The van der Waals surface area contributed by atoms with E-state index in [9.17, 15) is 20.1 Å². The van der Waals surface area contributed by atoms with Crippen LogP contribution in [-0.2, 0) is 27.8 Å². The molecule has 0 spiro atoms. The third kappa shape index (κ3) is 4.08. The molecular weight excluding hydrogens is 610 g/mol. The van der Waals surface area contributed by atoms with Gasteiger partial charge in [-0.15, -0.1) is 0 Å². The smallest absolute Gasteiger partial charge is 0.331 e. The summed E-state index contributed by atoms with van der Waals surface area (Å²) in [5.74, 6) is -0.317. The van der Waals surface area contributed by atoms with E-state index >= 15 is 0 Å². The van der Waals surface area contributed by atoms with Crippen molar-refractivity contribution >= 4 is 22.4 Å². The van der Waals surface area contributed by atoms with E-state index in [1.54, 1.807) is 13.0 Å². The second-order valence-electron chi connectivity index (χ2n) is 18.4. The molecule has 3 N–H and O–H groups in total. The molecule has 1 aromatic heterocycles. The van der Waals surface area contributed by atoms with Crippen LogP contribution < -0.4 is 0 Å². The lowest BCUT2D eigenvalue weighted by Crippen LogP contribution is -2.62. The number of aliphatic hydroxyl groups is 2. The maximum absolute atomic E-state index is 12.2. The zero-order chi connectivity index (χ0) is 35.4. The Morgan fingerprint density at radius 1 is 1.02 bits per heavy atom. The molecule has 0 radical (unpaired) electrons. The van der Waals surface area contributed by atoms with Gasteiger partial charge in [0.2, 0.25) is 0 Å². The molecule has 9 atom stereocenters. The first-order valence-electron chi connectivity index (χ1n) is 18.6. The molecule has 0 saturated heterocycles. The van der Waals surface area contributed by atoms with Gasteiger partial charge in [0.1, 0.15) is 0 Å². The van der Waals surface area contributed by atoms with Crippen molar-refractivity contribution in [3.8, 4) is 0 Å². The number of benzene rings is 1. The number of ether oxygens (including phenoxy) is 1. The quantitative estimate of drug-likeness (QED) is 0.173. The first kappa shape index (κ1) is 33.2. The van der Waals surface area contributed by atoms with Crippen molar-refractivity contribution in [3.05, 3.63) is 76.0 Å². The van der Waals surface area contributed by atoms with Crippen LogP contribution in [0.15, 0.2) is 48.1 Å². The molecule has 2 fully saturated rings. The fourth-order valence-electron chi connectivity index (χ4n) is 12.7. The van der Waals surface area contributed by atoms with Gasteiger partial charge in [-0.05, 0) is 137 Å². The number of aliphatic carboxylic acids is 1. The summed E-state index contributed by atoms with van der Waals surface area (Å²) in [5.41, 5.74) is 8.86. The van der Waals surface area contributed by atoms with Crippen LogP contribution in [0, 0.1) is 28.6 Å². The van der Waals surface area contributed by atoms with Gasteiger partial charge in [-0.25, -0.2) is 4.79 Å². The summed E-state index contributed by atoms with van der Waals surface area (Å²) in [6.45, 7) is 24.1. The number of allylic oxidation sites excluding steroid dienone is 3. The predicted octanol–water partition coefficient (Wildman–Crippen LogP) is 8.54. The number of carboxylic acid groups (broad SMARTS) is 1. The van der Waals surface area contributed by atoms with Gasteiger partial charge in [-0.3, -0.25) is 0 Å². The Morgan fingerprint density at radius 3 is 2.41 bits per heavy atom. The molecule has 2 aliphatic heterocycles. The van der Waals surface area contributed by atoms with Crippen molar-refractivity contribution < 1.29 is 24.9 Å². The molecule has 6 nitrogen and oxygen atoms in total. The van der Waals surface area contributed by atoms with Gasteiger partial charge in [0, 0.05) is 33.4 Å². The van der Waals surface area contributed by atoms with E-state index in [-0.39, 0.29) is 28.7 Å². The summed E-state index contributed by atoms with van der Waals surface area (Å²) in [6.07, 6.45) is 12.5. The Kier molecular flexibility index (Phi) is 6.85. The Balaban J connectivity index is 1.34. The van der Waals surface area contributed by atoms with Crippen LogP contribution in [0.1, 0.15) is 128 Å². The van der Waals surface area contributed by atoms with Crippen LogP contribution in [-0.4, -0.2) is 43.2 Å². The van der Waals surface area contributed by atoms with Gasteiger partial charge < -0.3 is 24.6 Å². The average molecular weight is 666 g/mol. The molecule has 2 saturated carbocycles. The number of hydrogen-bond donors (Lipinski definition) is 3. The number of carbonyl (C=O) groups is 1. The highest BCUT2D eigenvalue weighted by atomic mass is 16.5. The molecule has 2 aromatic rings. The lowest BCUT2D eigenvalue weighted by molar-refractivity contribution is -0.145. The van der Waals surface area contributed by atoms with E-state index in [4.69, 9.17) is 4.74 Å². The maximum Gasteiger partial charge on any atom is 0.331 e. The Bertz CT molecular complexity index is 1940. The fourth-order valence-corrected chi connectivity index (χ4v) is 12.7. The molecule has 49 heavy (non-hydrogen) atoms. The molecular formula is C43H55NO5. The molecule has 4 aliphatic carbocycles. The molecule has 8 rings (SSSR count). The van der Waals surface area contributed by atoms with E-state index in [1.165, 1.54) is 38.9 Å². The first-order chi connectivity index (χ1) is 22.8. The van der Waals surface area contributed by atoms with Crippen molar-refractivity contribution in [1.82, 2.24) is 4.57 Å². The molecule has 3 unspecified atom stereocenters. The zero-order valence-corrected chi connectivity index (χ0v) is 30.9. The van der Waals surface area contributed by atoms with Crippen LogP contribution in [0.2, 0.25) is 0 Å². The summed E-state index contributed by atoms with van der Waals surface area (Å²) >= 11 is 0. The van der Waals surface area contributed by atoms with Crippen molar-refractivity contribution in [2.45, 2.75) is 136 Å². The van der Waals surface area contributed by atoms with E-state index in [0.717, 1.165) is 43.2 Å². The molecule has 3 heterocycles. The molecule has 262 valence electrons. The number of rotatable bonds is 4. The second-order valence-corrected chi connectivity index (χ2v) is 18.4. The second kappa shape index (κ2) is 10.1. The van der Waals surface area contributed by atoms with Crippen LogP contribution in [0.25, 0.3) is 16.5 Å². The lowest BCUT2D eigenvalue weighted by atomic mass is 9.40. The van der Waals surface area contributed by atoms with Gasteiger partial charge in [0.15, 0.2) is 0 Å². The van der Waals surface area contributed by atoms with E-state index in [0.29, 0.717) is 17.9 Å². The Morgan fingerprint density at radius 2 is 1.73 bits per heavy atom. The minimum absolute atomic E-state index is 0.0913. The molecule has 0 bridgehead atoms. The van der Waals surface area contributed by atoms with Crippen molar-refractivity contribution in [2.24, 2.45) is 28.6 Å². The van der Waals surface area contributed by atoms with Crippen LogP contribution >= 0.6 is 0 Å². The third-order valence-electron chi connectivity index (χ3n) is 14.9. The topological polar surface area (TPSA) is 91.9 Å². The predicted molar refractivity (Wildman–Crippen MR) is 194 cm³/mol. The molecule has 0 amide bonds. The highest BCUT2D eigenvalue weighted by Crippen LogP contribution is 2.71. The third-order valence-corrected chi connectivity index (χ3v) is 14.9. The van der Waals surface area contributed by atoms with Crippen molar-refractivity contribution in [2.75, 3.05) is 0 Å². The first-order valence-corrected chi connectivity index (χ1v) is 18.6. The minimum atomic E-state index is -0.922.